The van der Waals surface area contributed by atoms with Gasteiger partial charge in [-0.3, -0.25) is 9.78 Å². The van der Waals surface area contributed by atoms with E-state index >= 15 is 0 Å². The minimum absolute atomic E-state index is 0.0100. The first-order valence-electron chi connectivity index (χ1n) is 5.69. The Morgan fingerprint density at radius 3 is 2.42 bits per heavy atom. The van der Waals surface area contributed by atoms with Crippen molar-refractivity contribution in [3.63, 3.8) is 0 Å². The topological polar surface area (TPSA) is 83.0 Å². The zero-order valence-corrected chi connectivity index (χ0v) is 11.0. The highest BCUT2D eigenvalue weighted by atomic mass is 16.2. The third-order valence-corrected chi connectivity index (χ3v) is 2.63. The Morgan fingerprint density at radius 2 is 1.95 bits per heavy atom. The van der Waals surface area contributed by atoms with Crippen LogP contribution < -0.4 is 15.9 Å². The maximum Gasteiger partial charge on any atom is 0.343 e. The number of aromatic nitrogens is 3. The van der Waals surface area contributed by atoms with Crippen LogP contribution in [-0.2, 0) is 7.05 Å². The van der Waals surface area contributed by atoms with Gasteiger partial charge in [-0.05, 0) is 24.3 Å². The van der Waals surface area contributed by atoms with Crippen molar-refractivity contribution in [2.24, 2.45) is 7.05 Å². The second-order valence-corrected chi connectivity index (χ2v) is 4.30. The van der Waals surface area contributed by atoms with Crippen LogP contribution in [0.3, 0.4) is 0 Å². The Kier molecular flexibility index (Phi) is 3.37. The van der Waals surface area contributed by atoms with Crippen LogP contribution in [0.5, 0.6) is 0 Å². The van der Waals surface area contributed by atoms with Crippen LogP contribution in [0.1, 0.15) is 10.6 Å². The first-order chi connectivity index (χ1) is 8.97. The van der Waals surface area contributed by atoms with E-state index in [-0.39, 0.29) is 5.82 Å². The molecule has 0 spiro atoms. The molecule has 0 saturated heterocycles. The third kappa shape index (κ3) is 2.82. The third-order valence-electron chi connectivity index (χ3n) is 2.63. The Balaban J connectivity index is 2.12. The van der Waals surface area contributed by atoms with Gasteiger partial charge in [-0.15, -0.1) is 5.10 Å². The van der Waals surface area contributed by atoms with Crippen LogP contribution >= 0.6 is 0 Å². The van der Waals surface area contributed by atoms with Crippen LogP contribution in [0, 0.1) is 0 Å². The highest BCUT2D eigenvalue weighted by molar-refractivity contribution is 6.01. The molecule has 2 N–H and O–H groups in total. The van der Waals surface area contributed by atoms with E-state index in [1.54, 1.807) is 12.1 Å². The summed E-state index contributed by atoms with van der Waals surface area (Å²) in [6.07, 6.45) is 0. The molecule has 100 valence electrons. The Morgan fingerprint density at radius 1 is 1.32 bits per heavy atom. The van der Waals surface area contributed by atoms with Gasteiger partial charge < -0.3 is 10.2 Å². The Bertz CT molecular complexity index is 639. The summed E-state index contributed by atoms with van der Waals surface area (Å²) in [5, 5.41) is 6.44. The maximum atomic E-state index is 11.8. The predicted octanol–water partition coefficient (Wildman–Crippen LogP) is 0.427. The van der Waals surface area contributed by atoms with Crippen molar-refractivity contribution in [1.82, 2.24) is 14.8 Å². The molecule has 0 saturated carbocycles. The van der Waals surface area contributed by atoms with Gasteiger partial charge in [0, 0.05) is 32.5 Å². The molecule has 7 heteroatoms. The lowest BCUT2D eigenvalue weighted by atomic mass is 10.2. The van der Waals surface area contributed by atoms with Gasteiger partial charge in [-0.1, -0.05) is 0 Å². The number of aromatic amines is 1. The van der Waals surface area contributed by atoms with Crippen molar-refractivity contribution in [1.29, 1.82) is 0 Å². The summed E-state index contributed by atoms with van der Waals surface area (Å²) in [6.45, 7) is 0. The largest absolute Gasteiger partial charge is 0.378 e. The number of hydrogen-bond donors (Lipinski definition) is 2. The van der Waals surface area contributed by atoms with E-state index in [1.165, 1.54) is 7.05 Å². The standard InChI is InChI=1S/C12H15N5O2/c1-16(2)9-6-4-8(5-7-9)13-11(18)10-14-12(19)17(3)15-10/h4-7H,1-3H3,(H,13,18)(H,14,15,19). The quantitative estimate of drug-likeness (QED) is 0.839. The number of nitrogens with one attached hydrogen (secondary N) is 2. The van der Waals surface area contributed by atoms with E-state index in [0.717, 1.165) is 10.4 Å². The first-order valence-corrected chi connectivity index (χ1v) is 5.69. The number of rotatable bonds is 3. The highest BCUT2D eigenvalue weighted by Gasteiger charge is 2.11. The lowest BCUT2D eigenvalue weighted by molar-refractivity contribution is 0.101. The van der Waals surface area contributed by atoms with Crippen molar-refractivity contribution in [3.05, 3.63) is 40.6 Å². The number of nitrogens with zero attached hydrogens (tertiary/aromatic N) is 3. The van der Waals surface area contributed by atoms with Crippen molar-refractivity contribution in [2.45, 2.75) is 0 Å². The fraction of sp³-hybridized carbons (Fsp3) is 0.250. The molecule has 0 atom stereocenters. The minimum atomic E-state index is -0.449. The smallest absolute Gasteiger partial charge is 0.343 e. The molecule has 0 aliphatic rings. The average Bonchev–Trinajstić information content (AvgIpc) is 2.70. The van der Waals surface area contributed by atoms with E-state index in [4.69, 9.17) is 0 Å². The molecule has 0 radical (unpaired) electrons. The van der Waals surface area contributed by atoms with E-state index in [1.807, 2.05) is 31.1 Å². The zero-order chi connectivity index (χ0) is 14.0. The molecule has 7 nitrogen and oxygen atoms in total. The van der Waals surface area contributed by atoms with Crippen molar-refractivity contribution >= 4 is 17.3 Å². The van der Waals surface area contributed by atoms with Crippen LogP contribution in [0.2, 0.25) is 0 Å². The van der Waals surface area contributed by atoms with Crippen LogP contribution in [0.15, 0.2) is 29.1 Å². The average molecular weight is 261 g/mol. The maximum absolute atomic E-state index is 11.8. The van der Waals surface area contributed by atoms with Gasteiger partial charge in [0.05, 0.1) is 0 Å². The molecule has 0 aliphatic carbocycles. The summed E-state index contributed by atoms with van der Waals surface area (Å²) in [4.78, 5) is 27.3. The number of benzene rings is 1. The van der Waals surface area contributed by atoms with Gasteiger partial charge in [0.1, 0.15) is 0 Å². The molecule has 1 amide bonds. The highest BCUT2D eigenvalue weighted by Crippen LogP contribution is 2.15. The van der Waals surface area contributed by atoms with Crippen molar-refractivity contribution in [3.8, 4) is 0 Å². The molecule has 1 aromatic carbocycles. The minimum Gasteiger partial charge on any atom is -0.378 e. The summed E-state index contributed by atoms with van der Waals surface area (Å²) in [5.41, 5.74) is 1.25. The molecule has 1 heterocycles. The molecule has 0 fully saturated rings. The van der Waals surface area contributed by atoms with E-state index < -0.39 is 11.6 Å². The van der Waals surface area contributed by atoms with Gasteiger partial charge in [-0.25, -0.2) is 9.48 Å². The Labute approximate surface area is 109 Å². The number of hydrogen-bond acceptors (Lipinski definition) is 4. The molecular weight excluding hydrogens is 246 g/mol. The summed E-state index contributed by atoms with van der Waals surface area (Å²) < 4.78 is 1.07. The van der Waals surface area contributed by atoms with Crippen LogP contribution in [-0.4, -0.2) is 34.8 Å². The summed E-state index contributed by atoms with van der Waals surface area (Å²) in [5.74, 6) is -0.459. The molecular formula is C12H15N5O2. The molecule has 2 aromatic rings. The zero-order valence-electron chi connectivity index (χ0n) is 11.0. The summed E-state index contributed by atoms with van der Waals surface area (Å²) >= 11 is 0. The fourth-order valence-corrected chi connectivity index (χ4v) is 1.54. The number of amides is 1. The van der Waals surface area contributed by atoms with Gasteiger partial charge in [0.25, 0.3) is 5.91 Å². The number of aryl methyl sites for hydroxylation is 1. The molecule has 0 aliphatic heterocycles. The summed E-state index contributed by atoms with van der Waals surface area (Å²) in [6, 6.07) is 7.34. The van der Waals surface area contributed by atoms with Gasteiger partial charge >= 0.3 is 5.69 Å². The van der Waals surface area contributed by atoms with Crippen LogP contribution in [0.25, 0.3) is 0 Å². The van der Waals surface area contributed by atoms with Crippen LogP contribution in [0.4, 0.5) is 11.4 Å². The predicted molar refractivity (Wildman–Crippen MR) is 72.6 cm³/mol. The van der Waals surface area contributed by atoms with Crippen molar-refractivity contribution < 1.29 is 4.79 Å². The molecule has 1 aromatic heterocycles. The normalized spacial score (nSPS) is 10.3. The van der Waals surface area contributed by atoms with E-state index in [9.17, 15) is 9.59 Å². The van der Waals surface area contributed by atoms with E-state index in [2.05, 4.69) is 15.4 Å². The Hall–Kier alpha value is -2.57. The van der Waals surface area contributed by atoms with Gasteiger partial charge in [-0.2, -0.15) is 0 Å². The second kappa shape index (κ2) is 4.97. The van der Waals surface area contributed by atoms with Crippen molar-refractivity contribution in [2.75, 3.05) is 24.3 Å². The molecule has 19 heavy (non-hydrogen) atoms. The first kappa shape index (κ1) is 12.9. The number of carbonyl (C=O) groups is 1. The summed E-state index contributed by atoms with van der Waals surface area (Å²) in [7, 11) is 5.35. The molecule has 0 bridgehead atoms. The molecule has 2 rings (SSSR count). The van der Waals surface area contributed by atoms with Gasteiger partial charge in [0.15, 0.2) is 0 Å². The number of carbonyl (C=O) groups excluding carboxylic acids is 1. The lowest BCUT2D eigenvalue weighted by Gasteiger charge is -2.12. The SMILES string of the molecule is CN(C)c1ccc(NC(=O)c2nn(C)c(=O)[nH]2)cc1. The lowest BCUT2D eigenvalue weighted by Crippen LogP contribution is -2.15. The monoisotopic (exact) mass is 261 g/mol. The number of H-pyrrole nitrogens is 1. The fourth-order valence-electron chi connectivity index (χ4n) is 1.54. The molecule has 0 unspecified atom stereocenters. The second-order valence-electron chi connectivity index (χ2n) is 4.30. The van der Waals surface area contributed by atoms with E-state index in [0.29, 0.717) is 5.69 Å². The van der Waals surface area contributed by atoms with Gasteiger partial charge in [0.2, 0.25) is 5.82 Å². The number of anilines is 2.